The van der Waals surface area contributed by atoms with Crippen molar-refractivity contribution in [3.63, 3.8) is 0 Å². The molecule has 0 unspecified atom stereocenters. The van der Waals surface area contributed by atoms with Crippen LogP contribution in [0.15, 0.2) is 30.3 Å². The molecule has 7 nitrogen and oxygen atoms in total. The van der Waals surface area contributed by atoms with E-state index in [0.717, 1.165) is 23.4 Å². The van der Waals surface area contributed by atoms with Crippen molar-refractivity contribution in [1.29, 1.82) is 0 Å². The molecule has 1 aromatic heterocycles. The maximum Gasteiger partial charge on any atom is 0.319 e. The number of amides is 3. The molecule has 8 heteroatoms. The first kappa shape index (κ1) is 18.3. The second-order valence-corrected chi connectivity index (χ2v) is 7.68. The van der Waals surface area contributed by atoms with Crippen LogP contribution in [0.2, 0.25) is 0 Å². The molecule has 0 bridgehead atoms. The molecule has 1 aromatic carbocycles. The van der Waals surface area contributed by atoms with Gasteiger partial charge in [0.25, 0.3) is 0 Å². The number of rotatable bonds is 4. The SMILES string of the molecule is CN(C)C(=O)N1CCC[C@@H](C(=O)Nc2nnc(Cc3ccccc3)s2)C1. The van der Waals surface area contributed by atoms with Gasteiger partial charge in [-0.2, -0.15) is 0 Å². The van der Waals surface area contributed by atoms with Crippen LogP contribution in [0.5, 0.6) is 0 Å². The fourth-order valence-corrected chi connectivity index (χ4v) is 3.78. The molecular formula is C18H23N5O2S. The highest BCUT2D eigenvalue weighted by Gasteiger charge is 2.29. The van der Waals surface area contributed by atoms with Gasteiger partial charge in [-0.25, -0.2) is 4.79 Å². The number of carbonyl (C=O) groups is 2. The molecule has 1 aliphatic heterocycles. The van der Waals surface area contributed by atoms with E-state index in [2.05, 4.69) is 15.5 Å². The Morgan fingerprint density at radius 1 is 1.27 bits per heavy atom. The Morgan fingerprint density at radius 3 is 2.77 bits per heavy atom. The van der Waals surface area contributed by atoms with Crippen LogP contribution in [0.3, 0.4) is 0 Å². The number of piperidine rings is 1. The maximum atomic E-state index is 12.5. The zero-order valence-corrected chi connectivity index (χ0v) is 15.8. The summed E-state index contributed by atoms with van der Waals surface area (Å²) in [6.07, 6.45) is 2.30. The van der Waals surface area contributed by atoms with E-state index in [0.29, 0.717) is 24.6 Å². The molecule has 1 aliphatic rings. The minimum Gasteiger partial charge on any atom is -0.331 e. The molecule has 26 heavy (non-hydrogen) atoms. The summed E-state index contributed by atoms with van der Waals surface area (Å²) in [4.78, 5) is 27.9. The van der Waals surface area contributed by atoms with Crippen molar-refractivity contribution in [1.82, 2.24) is 20.0 Å². The van der Waals surface area contributed by atoms with E-state index in [-0.39, 0.29) is 17.9 Å². The van der Waals surface area contributed by atoms with Gasteiger partial charge in [-0.05, 0) is 18.4 Å². The van der Waals surface area contributed by atoms with Gasteiger partial charge in [-0.15, -0.1) is 10.2 Å². The number of nitrogens with zero attached hydrogens (tertiary/aromatic N) is 4. The van der Waals surface area contributed by atoms with Gasteiger partial charge in [-0.1, -0.05) is 41.7 Å². The average Bonchev–Trinajstić information content (AvgIpc) is 3.08. The topological polar surface area (TPSA) is 78.4 Å². The summed E-state index contributed by atoms with van der Waals surface area (Å²) in [6, 6.07) is 9.98. The number of carbonyl (C=O) groups excluding carboxylic acids is 2. The molecule has 0 radical (unpaired) electrons. The largest absolute Gasteiger partial charge is 0.331 e. The van der Waals surface area contributed by atoms with Gasteiger partial charge in [0.1, 0.15) is 5.01 Å². The number of anilines is 1. The van der Waals surface area contributed by atoms with E-state index < -0.39 is 0 Å². The Bertz CT molecular complexity index is 762. The first-order valence-corrected chi connectivity index (χ1v) is 9.48. The quantitative estimate of drug-likeness (QED) is 0.893. The number of aromatic nitrogens is 2. The highest BCUT2D eigenvalue weighted by molar-refractivity contribution is 7.15. The van der Waals surface area contributed by atoms with Crippen LogP contribution in [0.1, 0.15) is 23.4 Å². The van der Waals surface area contributed by atoms with E-state index in [1.165, 1.54) is 11.3 Å². The molecule has 2 aromatic rings. The van der Waals surface area contributed by atoms with Crippen LogP contribution >= 0.6 is 11.3 Å². The summed E-state index contributed by atoms with van der Waals surface area (Å²) in [5.41, 5.74) is 1.16. The van der Waals surface area contributed by atoms with Crippen molar-refractivity contribution in [2.45, 2.75) is 19.3 Å². The summed E-state index contributed by atoms with van der Waals surface area (Å²) in [5, 5.41) is 12.5. The Hall–Kier alpha value is -2.48. The van der Waals surface area contributed by atoms with Crippen LogP contribution in [0.25, 0.3) is 0 Å². The molecule has 3 amide bonds. The van der Waals surface area contributed by atoms with Gasteiger partial charge in [0.15, 0.2) is 0 Å². The lowest BCUT2D eigenvalue weighted by Gasteiger charge is -2.33. The molecule has 0 aliphatic carbocycles. The highest BCUT2D eigenvalue weighted by atomic mass is 32.1. The maximum absolute atomic E-state index is 12.5. The van der Waals surface area contributed by atoms with Crippen molar-refractivity contribution in [2.24, 2.45) is 5.92 Å². The van der Waals surface area contributed by atoms with Gasteiger partial charge in [0.2, 0.25) is 11.0 Å². The monoisotopic (exact) mass is 373 g/mol. The first-order valence-electron chi connectivity index (χ1n) is 8.66. The lowest BCUT2D eigenvalue weighted by molar-refractivity contribution is -0.121. The van der Waals surface area contributed by atoms with Crippen LogP contribution in [0.4, 0.5) is 9.93 Å². The van der Waals surface area contributed by atoms with Crippen molar-refractivity contribution >= 4 is 28.4 Å². The van der Waals surface area contributed by atoms with E-state index in [1.807, 2.05) is 30.3 Å². The van der Waals surface area contributed by atoms with E-state index in [1.54, 1.807) is 23.9 Å². The second-order valence-electron chi connectivity index (χ2n) is 6.61. The predicted octanol–water partition coefficient (Wildman–Crippen LogP) is 2.46. The highest BCUT2D eigenvalue weighted by Crippen LogP contribution is 2.22. The third kappa shape index (κ3) is 4.57. The Labute approximate surface area is 157 Å². The molecule has 0 saturated carbocycles. The number of hydrogen-bond donors (Lipinski definition) is 1. The lowest BCUT2D eigenvalue weighted by atomic mass is 9.97. The zero-order valence-electron chi connectivity index (χ0n) is 15.0. The van der Waals surface area contributed by atoms with Crippen molar-refractivity contribution in [3.8, 4) is 0 Å². The smallest absolute Gasteiger partial charge is 0.319 e. The van der Waals surface area contributed by atoms with Gasteiger partial charge < -0.3 is 15.1 Å². The number of nitrogens with one attached hydrogen (secondary N) is 1. The number of urea groups is 1. The fraction of sp³-hybridized carbons (Fsp3) is 0.444. The molecule has 1 N–H and O–H groups in total. The van der Waals surface area contributed by atoms with Gasteiger partial charge in [-0.3, -0.25) is 4.79 Å². The van der Waals surface area contributed by atoms with E-state index in [9.17, 15) is 9.59 Å². The Balaban J connectivity index is 1.57. The summed E-state index contributed by atoms with van der Waals surface area (Å²) < 4.78 is 0. The number of benzene rings is 1. The average molecular weight is 373 g/mol. The summed E-state index contributed by atoms with van der Waals surface area (Å²) in [5.74, 6) is -0.308. The minimum atomic E-state index is -0.214. The number of hydrogen-bond acceptors (Lipinski definition) is 5. The van der Waals surface area contributed by atoms with Crippen LogP contribution < -0.4 is 5.32 Å². The normalized spacial score (nSPS) is 17.0. The molecular weight excluding hydrogens is 350 g/mol. The van der Waals surface area contributed by atoms with E-state index in [4.69, 9.17) is 0 Å². The third-order valence-corrected chi connectivity index (χ3v) is 5.18. The molecule has 1 atom stereocenters. The molecule has 1 saturated heterocycles. The van der Waals surface area contributed by atoms with Crippen LogP contribution in [0, 0.1) is 5.92 Å². The first-order chi connectivity index (χ1) is 12.5. The zero-order chi connectivity index (χ0) is 18.5. The van der Waals surface area contributed by atoms with Crippen molar-refractivity contribution < 1.29 is 9.59 Å². The van der Waals surface area contributed by atoms with Gasteiger partial charge >= 0.3 is 6.03 Å². The van der Waals surface area contributed by atoms with Crippen molar-refractivity contribution in [3.05, 3.63) is 40.9 Å². The standard InChI is InChI=1S/C18H23N5O2S/c1-22(2)18(25)23-10-6-9-14(12-23)16(24)19-17-21-20-15(26-17)11-13-7-4-3-5-8-13/h3-5,7-8,14H,6,9-12H2,1-2H3,(H,19,21,24)/t14-/m1/s1. The summed E-state index contributed by atoms with van der Waals surface area (Å²) in [7, 11) is 3.45. The Kier molecular flexibility index (Phi) is 5.82. The number of likely N-dealkylation sites (tertiary alicyclic amines) is 1. The fourth-order valence-electron chi connectivity index (χ4n) is 3.00. The summed E-state index contributed by atoms with van der Waals surface area (Å²) in [6.45, 7) is 1.14. The van der Waals surface area contributed by atoms with Crippen LogP contribution in [-0.4, -0.2) is 59.1 Å². The van der Waals surface area contributed by atoms with Gasteiger partial charge in [0, 0.05) is 33.6 Å². The van der Waals surface area contributed by atoms with Crippen molar-refractivity contribution in [2.75, 3.05) is 32.5 Å². The predicted molar refractivity (Wildman–Crippen MR) is 101 cm³/mol. The van der Waals surface area contributed by atoms with Gasteiger partial charge in [0.05, 0.1) is 5.92 Å². The molecule has 138 valence electrons. The molecule has 0 spiro atoms. The minimum absolute atomic E-state index is 0.0523. The lowest BCUT2D eigenvalue weighted by Crippen LogP contribution is -2.47. The third-order valence-electron chi connectivity index (χ3n) is 4.34. The molecule has 1 fully saturated rings. The second kappa shape index (κ2) is 8.27. The molecule has 3 rings (SSSR count). The summed E-state index contributed by atoms with van der Waals surface area (Å²) >= 11 is 1.39. The molecule has 2 heterocycles. The Morgan fingerprint density at radius 2 is 2.04 bits per heavy atom. The van der Waals surface area contributed by atoms with E-state index >= 15 is 0 Å². The van der Waals surface area contributed by atoms with Crippen LogP contribution in [-0.2, 0) is 11.2 Å².